The predicted molar refractivity (Wildman–Crippen MR) is 70.2 cm³/mol. The van der Waals surface area contributed by atoms with E-state index in [9.17, 15) is 0 Å². The molecule has 0 aromatic rings. The minimum Gasteiger partial charge on any atom is -0.316 e. The minimum atomic E-state index is 0.505. The topological polar surface area (TPSA) is 12.0 Å². The van der Waals surface area contributed by atoms with Gasteiger partial charge < -0.3 is 5.32 Å². The molecular weight excluding hydrogens is 182 g/mol. The predicted octanol–water partition coefficient (Wildman–Crippen LogP) is 4.08. The second-order valence-electron chi connectivity index (χ2n) is 6.61. The number of hydrogen-bond donors (Lipinski definition) is 1. The summed E-state index contributed by atoms with van der Waals surface area (Å²) in [5.74, 6) is 1.60. The standard InChI is InChI=1S/C14H31N/c1-12(2)10-15-11-13(3)8-7-9-14(4,5)6/h12-13,15H,7-11H2,1-6H3. The van der Waals surface area contributed by atoms with Gasteiger partial charge in [0.2, 0.25) is 0 Å². The maximum atomic E-state index is 3.53. The van der Waals surface area contributed by atoms with Gasteiger partial charge in [-0.1, -0.05) is 48.0 Å². The van der Waals surface area contributed by atoms with E-state index in [0.29, 0.717) is 5.41 Å². The second kappa shape index (κ2) is 7.27. The lowest BCUT2D eigenvalue weighted by Crippen LogP contribution is -2.25. The van der Waals surface area contributed by atoms with Gasteiger partial charge in [0.15, 0.2) is 0 Å². The van der Waals surface area contributed by atoms with Crippen molar-refractivity contribution < 1.29 is 0 Å². The highest BCUT2D eigenvalue weighted by Gasteiger charge is 2.10. The highest BCUT2D eigenvalue weighted by atomic mass is 14.9. The van der Waals surface area contributed by atoms with Crippen LogP contribution in [0.1, 0.15) is 60.8 Å². The first kappa shape index (κ1) is 15.0. The molecule has 1 nitrogen and oxygen atoms in total. The van der Waals surface area contributed by atoms with Gasteiger partial charge in [0.05, 0.1) is 0 Å². The third-order valence-electron chi connectivity index (χ3n) is 2.67. The summed E-state index contributed by atoms with van der Waals surface area (Å²) in [6, 6.07) is 0. The average molecular weight is 213 g/mol. The Morgan fingerprint density at radius 1 is 1.00 bits per heavy atom. The van der Waals surface area contributed by atoms with Gasteiger partial charge in [0.25, 0.3) is 0 Å². The Balaban J connectivity index is 3.37. The maximum absolute atomic E-state index is 3.53. The van der Waals surface area contributed by atoms with Crippen molar-refractivity contribution in [3.8, 4) is 0 Å². The monoisotopic (exact) mass is 213 g/mol. The Bertz CT molecular complexity index is 144. The summed E-state index contributed by atoms with van der Waals surface area (Å²) in [5.41, 5.74) is 0.505. The zero-order chi connectivity index (χ0) is 11.9. The molecule has 0 rings (SSSR count). The molecule has 1 atom stereocenters. The van der Waals surface area contributed by atoms with Gasteiger partial charge in [-0.05, 0) is 43.2 Å². The van der Waals surface area contributed by atoms with E-state index < -0.39 is 0 Å². The molecular formula is C14H31N. The van der Waals surface area contributed by atoms with Crippen molar-refractivity contribution in [2.24, 2.45) is 17.3 Å². The molecule has 0 heterocycles. The van der Waals surface area contributed by atoms with Crippen molar-refractivity contribution in [3.05, 3.63) is 0 Å². The largest absolute Gasteiger partial charge is 0.316 e. The fraction of sp³-hybridized carbons (Fsp3) is 1.00. The van der Waals surface area contributed by atoms with Crippen LogP contribution in [0, 0.1) is 17.3 Å². The van der Waals surface area contributed by atoms with Crippen LogP contribution < -0.4 is 5.32 Å². The lowest BCUT2D eigenvalue weighted by atomic mass is 9.88. The van der Waals surface area contributed by atoms with E-state index in [0.717, 1.165) is 18.4 Å². The molecule has 1 heteroatoms. The summed E-state index contributed by atoms with van der Waals surface area (Å²) in [7, 11) is 0. The molecule has 0 bridgehead atoms. The van der Waals surface area contributed by atoms with Gasteiger partial charge in [-0.15, -0.1) is 0 Å². The zero-order valence-corrected chi connectivity index (χ0v) is 11.7. The molecule has 0 amide bonds. The third-order valence-corrected chi connectivity index (χ3v) is 2.67. The van der Waals surface area contributed by atoms with Gasteiger partial charge in [-0.25, -0.2) is 0 Å². The Morgan fingerprint density at radius 2 is 1.60 bits per heavy atom. The van der Waals surface area contributed by atoms with E-state index in [2.05, 4.69) is 46.9 Å². The number of hydrogen-bond acceptors (Lipinski definition) is 1. The van der Waals surface area contributed by atoms with Crippen molar-refractivity contribution in [2.75, 3.05) is 13.1 Å². The summed E-state index contributed by atoms with van der Waals surface area (Å²) in [6.45, 7) is 16.2. The van der Waals surface area contributed by atoms with E-state index >= 15 is 0 Å². The van der Waals surface area contributed by atoms with Crippen LogP contribution in [0.25, 0.3) is 0 Å². The molecule has 1 N–H and O–H groups in total. The van der Waals surface area contributed by atoms with Crippen LogP contribution in [-0.2, 0) is 0 Å². The fourth-order valence-electron chi connectivity index (χ4n) is 1.70. The molecule has 1 unspecified atom stereocenters. The first-order chi connectivity index (χ1) is 6.81. The van der Waals surface area contributed by atoms with Gasteiger partial charge in [-0.3, -0.25) is 0 Å². The summed E-state index contributed by atoms with van der Waals surface area (Å²) < 4.78 is 0. The summed E-state index contributed by atoms with van der Waals surface area (Å²) in [6.07, 6.45) is 4.08. The summed E-state index contributed by atoms with van der Waals surface area (Å²) in [4.78, 5) is 0. The van der Waals surface area contributed by atoms with E-state index in [1.165, 1.54) is 25.8 Å². The second-order valence-corrected chi connectivity index (χ2v) is 6.61. The quantitative estimate of drug-likeness (QED) is 0.672. The molecule has 0 saturated carbocycles. The average Bonchev–Trinajstić information content (AvgIpc) is 2.00. The van der Waals surface area contributed by atoms with E-state index in [1.807, 2.05) is 0 Å². The molecule has 0 spiro atoms. The van der Waals surface area contributed by atoms with E-state index in [4.69, 9.17) is 0 Å². The smallest absolute Gasteiger partial charge is 0.00230 e. The van der Waals surface area contributed by atoms with Crippen LogP contribution >= 0.6 is 0 Å². The summed E-state index contributed by atoms with van der Waals surface area (Å²) in [5, 5.41) is 3.53. The van der Waals surface area contributed by atoms with E-state index in [1.54, 1.807) is 0 Å². The molecule has 0 aliphatic heterocycles. The van der Waals surface area contributed by atoms with Crippen LogP contribution in [-0.4, -0.2) is 13.1 Å². The van der Waals surface area contributed by atoms with Gasteiger partial charge in [0, 0.05) is 0 Å². The fourth-order valence-corrected chi connectivity index (χ4v) is 1.70. The normalized spacial score (nSPS) is 14.6. The molecule has 0 aliphatic carbocycles. The van der Waals surface area contributed by atoms with Gasteiger partial charge in [-0.2, -0.15) is 0 Å². The van der Waals surface area contributed by atoms with Crippen LogP contribution in [0.3, 0.4) is 0 Å². The lowest BCUT2D eigenvalue weighted by Gasteiger charge is -2.19. The van der Waals surface area contributed by atoms with Crippen molar-refractivity contribution in [1.82, 2.24) is 5.32 Å². The van der Waals surface area contributed by atoms with Crippen molar-refractivity contribution in [1.29, 1.82) is 0 Å². The molecule has 0 saturated heterocycles. The van der Waals surface area contributed by atoms with Crippen molar-refractivity contribution in [2.45, 2.75) is 60.8 Å². The number of rotatable bonds is 7. The Kier molecular flexibility index (Phi) is 7.25. The molecule has 0 aromatic carbocycles. The highest BCUT2D eigenvalue weighted by Crippen LogP contribution is 2.22. The van der Waals surface area contributed by atoms with Gasteiger partial charge >= 0.3 is 0 Å². The Labute approximate surface area is 97.0 Å². The molecule has 0 radical (unpaired) electrons. The SMILES string of the molecule is CC(C)CNCC(C)CCCC(C)(C)C. The van der Waals surface area contributed by atoms with Crippen molar-refractivity contribution >= 4 is 0 Å². The summed E-state index contributed by atoms with van der Waals surface area (Å²) >= 11 is 0. The molecule has 0 aromatic heterocycles. The first-order valence-corrected chi connectivity index (χ1v) is 6.52. The molecule has 92 valence electrons. The Morgan fingerprint density at radius 3 is 2.07 bits per heavy atom. The zero-order valence-electron chi connectivity index (χ0n) is 11.7. The molecule has 15 heavy (non-hydrogen) atoms. The van der Waals surface area contributed by atoms with Crippen LogP contribution in [0.2, 0.25) is 0 Å². The maximum Gasteiger partial charge on any atom is -0.00230 e. The van der Waals surface area contributed by atoms with Gasteiger partial charge in [0.1, 0.15) is 0 Å². The van der Waals surface area contributed by atoms with Crippen LogP contribution in [0.15, 0.2) is 0 Å². The lowest BCUT2D eigenvalue weighted by molar-refractivity contribution is 0.338. The number of nitrogens with one attached hydrogen (secondary N) is 1. The van der Waals surface area contributed by atoms with Crippen LogP contribution in [0.4, 0.5) is 0 Å². The van der Waals surface area contributed by atoms with Crippen LogP contribution in [0.5, 0.6) is 0 Å². The molecule has 0 fully saturated rings. The Hall–Kier alpha value is -0.0400. The third kappa shape index (κ3) is 11.9. The molecule has 0 aliphatic rings. The van der Waals surface area contributed by atoms with Crippen molar-refractivity contribution in [3.63, 3.8) is 0 Å². The highest BCUT2D eigenvalue weighted by molar-refractivity contribution is 4.64. The minimum absolute atomic E-state index is 0.505. The van der Waals surface area contributed by atoms with E-state index in [-0.39, 0.29) is 0 Å². The first-order valence-electron chi connectivity index (χ1n) is 6.52.